The first-order chi connectivity index (χ1) is 9.74. The van der Waals surface area contributed by atoms with Gasteiger partial charge in [-0.1, -0.05) is 12.1 Å². The first-order valence-electron chi connectivity index (χ1n) is 6.61. The lowest BCUT2D eigenvalue weighted by molar-refractivity contribution is 0.423. The van der Waals surface area contributed by atoms with Crippen LogP contribution < -0.4 is 16.4 Å². The van der Waals surface area contributed by atoms with Crippen LogP contribution in [0.5, 0.6) is 5.75 Å². The number of para-hydroxylation sites is 1. The van der Waals surface area contributed by atoms with Crippen molar-refractivity contribution in [1.82, 2.24) is 20.6 Å². The number of nitrogen functional groups attached to an aromatic ring is 1. The molecule has 1 aliphatic heterocycles. The van der Waals surface area contributed by atoms with Crippen LogP contribution in [0, 0.1) is 0 Å². The highest BCUT2D eigenvalue weighted by atomic mass is 35.5. The Morgan fingerprint density at radius 1 is 1.14 bits per heavy atom. The van der Waals surface area contributed by atoms with Crippen molar-refractivity contribution in [3.8, 4) is 17.0 Å². The minimum absolute atomic E-state index is 0. The molecule has 0 aliphatic carbocycles. The summed E-state index contributed by atoms with van der Waals surface area (Å²) in [4.78, 5) is 8.51. The predicted molar refractivity (Wildman–Crippen MR) is 91.7 cm³/mol. The van der Waals surface area contributed by atoms with Crippen LogP contribution in [0.4, 0.5) is 5.95 Å². The van der Waals surface area contributed by atoms with Crippen LogP contribution in [-0.4, -0.2) is 34.7 Å². The van der Waals surface area contributed by atoms with Gasteiger partial charge in [0.2, 0.25) is 5.95 Å². The van der Waals surface area contributed by atoms with E-state index in [1.54, 1.807) is 12.1 Å². The summed E-state index contributed by atoms with van der Waals surface area (Å²) >= 11 is 0. The summed E-state index contributed by atoms with van der Waals surface area (Å²) in [7, 11) is 0. The number of piperazine rings is 1. The SMILES string of the molecule is Cl.Cl.Nc1nc(-c2ccccc2O)cc(C2CNCCN2)n1. The molecule has 2 aromatic rings. The highest BCUT2D eigenvalue weighted by molar-refractivity contribution is 5.85. The molecule has 0 radical (unpaired) electrons. The lowest BCUT2D eigenvalue weighted by Gasteiger charge is -2.24. The van der Waals surface area contributed by atoms with Gasteiger partial charge in [0.15, 0.2) is 0 Å². The number of nitrogens with zero attached hydrogens (tertiary/aromatic N) is 2. The van der Waals surface area contributed by atoms with E-state index in [-0.39, 0.29) is 42.6 Å². The van der Waals surface area contributed by atoms with Crippen molar-refractivity contribution in [2.24, 2.45) is 0 Å². The predicted octanol–water partition coefficient (Wildman–Crippen LogP) is 1.51. The summed E-state index contributed by atoms with van der Waals surface area (Å²) in [5, 5.41) is 16.6. The maximum absolute atomic E-state index is 9.93. The van der Waals surface area contributed by atoms with Gasteiger partial charge < -0.3 is 21.5 Å². The van der Waals surface area contributed by atoms with Gasteiger partial charge in [-0.2, -0.15) is 0 Å². The maximum Gasteiger partial charge on any atom is 0.220 e. The molecule has 1 aromatic heterocycles. The minimum Gasteiger partial charge on any atom is -0.507 e. The molecule has 1 atom stereocenters. The fourth-order valence-corrected chi connectivity index (χ4v) is 2.35. The van der Waals surface area contributed by atoms with Crippen molar-refractivity contribution in [3.63, 3.8) is 0 Å². The van der Waals surface area contributed by atoms with Crippen LogP contribution in [-0.2, 0) is 0 Å². The van der Waals surface area contributed by atoms with Crippen molar-refractivity contribution < 1.29 is 5.11 Å². The van der Waals surface area contributed by atoms with E-state index in [4.69, 9.17) is 5.73 Å². The van der Waals surface area contributed by atoms with Crippen molar-refractivity contribution in [3.05, 3.63) is 36.0 Å². The summed E-state index contributed by atoms with van der Waals surface area (Å²) in [6.45, 7) is 2.64. The molecule has 120 valence electrons. The van der Waals surface area contributed by atoms with E-state index in [1.165, 1.54) is 0 Å². The van der Waals surface area contributed by atoms with Crippen LogP contribution in [0.25, 0.3) is 11.3 Å². The van der Waals surface area contributed by atoms with E-state index >= 15 is 0 Å². The molecular formula is C14H19Cl2N5O. The minimum atomic E-state index is 0. The largest absolute Gasteiger partial charge is 0.507 e. The lowest BCUT2D eigenvalue weighted by Crippen LogP contribution is -2.43. The third-order valence-corrected chi connectivity index (χ3v) is 3.34. The highest BCUT2D eigenvalue weighted by Crippen LogP contribution is 2.28. The first-order valence-corrected chi connectivity index (χ1v) is 6.61. The fraction of sp³-hybridized carbons (Fsp3) is 0.286. The number of hydrogen-bond donors (Lipinski definition) is 4. The molecule has 8 heteroatoms. The van der Waals surface area contributed by atoms with E-state index in [0.717, 1.165) is 25.3 Å². The van der Waals surface area contributed by atoms with E-state index in [1.807, 2.05) is 18.2 Å². The van der Waals surface area contributed by atoms with Crippen LogP contribution >= 0.6 is 24.8 Å². The number of halogens is 2. The molecule has 1 aliphatic rings. The lowest BCUT2D eigenvalue weighted by atomic mass is 10.1. The smallest absolute Gasteiger partial charge is 0.220 e. The van der Waals surface area contributed by atoms with Gasteiger partial charge in [-0.15, -0.1) is 24.8 Å². The zero-order valence-corrected chi connectivity index (χ0v) is 13.5. The van der Waals surface area contributed by atoms with E-state index in [9.17, 15) is 5.11 Å². The number of nitrogens with one attached hydrogen (secondary N) is 2. The zero-order valence-electron chi connectivity index (χ0n) is 11.8. The summed E-state index contributed by atoms with van der Waals surface area (Å²) in [6.07, 6.45) is 0. The van der Waals surface area contributed by atoms with Crippen molar-refractivity contribution >= 4 is 30.8 Å². The molecular weight excluding hydrogens is 325 g/mol. The van der Waals surface area contributed by atoms with Crippen LogP contribution in [0.15, 0.2) is 30.3 Å². The second-order valence-electron chi connectivity index (χ2n) is 4.76. The molecule has 1 aromatic carbocycles. The second-order valence-corrected chi connectivity index (χ2v) is 4.76. The molecule has 5 N–H and O–H groups in total. The second kappa shape index (κ2) is 8.14. The number of aromatic nitrogens is 2. The number of benzene rings is 1. The zero-order chi connectivity index (χ0) is 13.9. The Labute approximate surface area is 141 Å². The topological polar surface area (TPSA) is 96.1 Å². The van der Waals surface area contributed by atoms with Crippen LogP contribution in [0.1, 0.15) is 11.7 Å². The molecule has 0 amide bonds. The number of anilines is 1. The molecule has 0 saturated carbocycles. The Morgan fingerprint density at radius 3 is 2.59 bits per heavy atom. The van der Waals surface area contributed by atoms with Gasteiger partial charge in [0, 0.05) is 25.2 Å². The number of aromatic hydroxyl groups is 1. The molecule has 3 rings (SSSR count). The molecule has 1 saturated heterocycles. The molecule has 22 heavy (non-hydrogen) atoms. The number of hydrogen-bond acceptors (Lipinski definition) is 6. The standard InChI is InChI=1S/C14H17N5O.2ClH/c15-14-18-10(9-3-1-2-4-13(9)20)7-11(19-14)12-8-16-5-6-17-12;;/h1-4,7,12,16-17,20H,5-6,8H2,(H2,15,18,19);2*1H. The summed E-state index contributed by atoms with van der Waals surface area (Å²) in [6, 6.07) is 9.06. The molecule has 1 fully saturated rings. The number of phenols is 1. The molecule has 1 unspecified atom stereocenters. The summed E-state index contributed by atoms with van der Waals surface area (Å²) in [5.74, 6) is 0.402. The monoisotopic (exact) mass is 343 g/mol. The Kier molecular flexibility index (Phi) is 6.83. The summed E-state index contributed by atoms with van der Waals surface area (Å²) < 4.78 is 0. The summed E-state index contributed by atoms with van der Waals surface area (Å²) in [5.41, 5.74) is 7.93. The molecule has 6 nitrogen and oxygen atoms in total. The van der Waals surface area contributed by atoms with Crippen molar-refractivity contribution in [1.29, 1.82) is 0 Å². The molecule has 0 spiro atoms. The Balaban J connectivity index is 0.00000121. The van der Waals surface area contributed by atoms with Gasteiger partial charge in [0.1, 0.15) is 5.75 Å². The number of nitrogens with two attached hydrogens (primary N) is 1. The van der Waals surface area contributed by atoms with Gasteiger partial charge in [0.05, 0.1) is 17.4 Å². The van der Waals surface area contributed by atoms with E-state index in [0.29, 0.717) is 11.3 Å². The number of rotatable bonds is 2. The highest BCUT2D eigenvalue weighted by Gasteiger charge is 2.18. The van der Waals surface area contributed by atoms with Gasteiger partial charge >= 0.3 is 0 Å². The van der Waals surface area contributed by atoms with E-state index in [2.05, 4.69) is 20.6 Å². The Bertz CT molecular complexity index is 620. The molecule has 2 heterocycles. The average molecular weight is 344 g/mol. The molecule has 0 bridgehead atoms. The normalized spacial score (nSPS) is 17.2. The average Bonchev–Trinajstić information content (AvgIpc) is 2.48. The van der Waals surface area contributed by atoms with Crippen molar-refractivity contribution in [2.75, 3.05) is 25.4 Å². The third kappa shape index (κ3) is 3.98. The number of phenolic OH excluding ortho intramolecular Hbond substituents is 1. The first kappa shape index (κ1) is 18.4. The van der Waals surface area contributed by atoms with Gasteiger partial charge in [-0.05, 0) is 18.2 Å². The van der Waals surface area contributed by atoms with E-state index < -0.39 is 0 Å². The van der Waals surface area contributed by atoms with Gasteiger partial charge in [-0.3, -0.25) is 0 Å². The quantitative estimate of drug-likeness (QED) is 0.660. The van der Waals surface area contributed by atoms with Gasteiger partial charge in [0.25, 0.3) is 0 Å². The fourth-order valence-electron chi connectivity index (χ4n) is 2.35. The Hall–Kier alpha value is -1.60. The van der Waals surface area contributed by atoms with Crippen molar-refractivity contribution in [2.45, 2.75) is 6.04 Å². The van der Waals surface area contributed by atoms with Gasteiger partial charge in [-0.25, -0.2) is 9.97 Å². The van der Waals surface area contributed by atoms with Crippen LogP contribution in [0.3, 0.4) is 0 Å². The third-order valence-electron chi connectivity index (χ3n) is 3.34. The maximum atomic E-state index is 9.93. The Morgan fingerprint density at radius 2 is 1.91 bits per heavy atom. The van der Waals surface area contributed by atoms with Crippen LogP contribution in [0.2, 0.25) is 0 Å².